The van der Waals surface area contributed by atoms with Gasteiger partial charge < -0.3 is 5.32 Å². The Balaban J connectivity index is 2.11. The number of aryl methyl sites for hydroxylation is 1. The van der Waals surface area contributed by atoms with Gasteiger partial charge in [-0.05, 0) is 45.7 Å². The number of piperidine rings is 1. The smallest absolute Gasteiger partial charge is 0.240 e. The van der Waals surface area contributed by atoms with Crippen molar-refractivity contribution in [2.24, 2.45) is 0 Å². The standard InChI is InChI=1S/C14H22N2O2S/c1-10-4-7-13(8-5-10)19(17,18)16-14-9-6-11(2)15-12(14)3/h4-5,7-8,11-12,14-16H,6,9H2,1-3H3. The zero-order valence-electron chi connectivity index (χ0n) is 11.7. The molecule has 5 heteroatoms. The van der Waals surface area contributed by atoms with Crippen LogP contribution < -0.4 is 10.0 Å². The van der Waals surface area contributed by atoms with Crippen molar-refractivity contribution < 1.29 is 8.42 Å². The van der Waals surface area contributed by atoms with Gasteiger partial charge in [-0.1, -0.05) is 17.7 Å². The first-order chi connectivity index (χ1) is 8.88. The summed E-state index contributed by atoms with van der Waals surface area (Å²) in [6.07, 6.45) is 1.87. The Hall–Kier alpha value is -0.910. The van der Waals surface area contributed by atoms with Crippen LogP contribution in [0.1, 0.15) is 32.3 Å². The molecule has 0 amide bonds. The molecule has 2 rings (SSSR count). The average Bonchev–Trinajstić information content (AvgIpc) is 2.33. The van der Waals surface area contributed by atoms with Crippen LogP contribution in [0.2, 0.25) is 0 Å². The van der Waals surface area contributed by atoms with Crippen molar-refractivity contribution in [3.05, 3.63) is 29.8 Å². The largest absolute Gasteiger partial charge is 0.310 e. The first-order valence-corrected chi connectivity index (χ1v) is 8.22. The topological polar surface area (TPSA) is 58.2 Å². The molecule has 3 unspecified atom stereocenters. The van der Waals surface area contributed by atoms with Crippen LogP contribution >= 0.6 is 0 Å². The highest BCUT2D eigenvalue weighted by Gasteiger charge is 2.28. The van der Waals surface area contributed by atoms with E-state index in [1.165, 1.54) is 0 Å². The predicted molar refractivity (Wildman–Crippen MR) is 76.6 cm³/mol. The number of hydrogen-bond donors (Lipinski definition) is 2. The van der Waals surface area contributed by atoms with Crippen molar-refractivity contribution in [2.45, 2.75) is 56.6 Å². The van der Waals surface area contributed by atoms with E-state index < -0.39 is 10.0 Å². The monoisotopic (exact) mass is 282 g/mol. The maximum absolute atomic E-state index is 12.3. The Morgan fingerprint density at radius 3 is 2.37 bits per heavy atom. The van der Waals surface area contributed by atoms with E-state index in [0.717, 1.165) is 18.4 Å². The highest BCUT2D eigenvalue weighted by atomic mass is 32.2. The molecule has 1 aromatic rings. The summed E-state index contributed by atoms with van der Waals surface area (Å²) in [5.74, 6) is 0. The molecule has 1 aromatic carbocycles. The number of sulfonamides is 1. The lowest BCUT2D eigenvalue weighted by Crippen LogP contribution is -2.54. The number of benzene rings is 1. The molecule has 0 bridgehead atoms. The third-order valence-corrected chi connectivity index (χ3v) is 5.21. The van der Waals surface area contributed by atoms with E-state index in [9.17, 15) is 8.42 Å². The molecule has 0 aromatic heterocycles. The third-order valence-electron chi connectivity index (χ3n) is 3.70. The van der Waals surface area contributed by atoms with Crippen molar-refractivity contribution >= 4 is 10.0 Å². The molecule has 1 aliphatic heterocycles. The normalized spacial score (nSPS) is 28.3. The van der Waals surface area contributed by atoms with Gasteiger partial charge in [0.2, 0.25) is 10.0 Å². The first kappa shape index (κ1) is 14.5. The summed E-state index contributed by atoms with van der Waals surface area (Å²) in [5, 5.41) is 3.39. The molecule has 1 aliphatic rings. The van der Waals surface area contributed by atoms with E-state index in [1.54, 1.807) is 12.1 Å². The minimum Gasteiger partial charge on any atom is -0.310 e. The molecule has 19 heavy (non-hydrogen) atoms. The summed E-state index contributed by atoms with van der Waals surface area (Å²) in [4.78, 5) is 0.337. The van der Waals surface area contributed by atoms with Crippen LogP contribution in [-0.2, 0) is 10.0 Å². The Kier molecular flexibility index (Phi) is 4.28. The predicted octanol–water partition coefficient (Wildman–Crippen LogP) is 1.80. The SMILES string of the molecule is Cc1ccc(S(=O)(=O)NC2CCC(C)NC2C)cc1. The molecule has 0 aliphatic carbocycles. The van der Waals surface area contributed by atoms with Gasteiger partial charge >= 0.3 is 0 Å². The molecular formula is C14H22N2O2S. The average molecular weight is 282 g/mol. The van der Waals surface area contributed by atoms with Gasteiger partial charge in [0.05, 0.1) is 4.90 Å². The Morgan fingerprint density at radius 1 is 1.16 bits per heavy atom. The molecule has 3 atom stereocenters. The maximum atomic E-state index is 12.3. The van der Waals surface area contributed by atoms with Crippen LogP contribution in [0.3, 0.4) is 0 Å². The summed E-state index contributed by atoms with van der Waals surface area (Å²) in [6.45, 7) is 6.09. The Morgan fingerprint density at radius 2 is 1.79 bits per heavy atom. The second kappa shape index (κ2) is 5.61. The van der Waals surface area contributed by atoms with Crippen LogP contribution in [0.25, 0.3) is 0 Å². The van der Waals surface area contributed by atoms with Gasteiger partial charge in [0.1, 0.15) is 0 Å². The van der Waals surface area contributed by atoms with Gasteiger partial charge in [0.25, 0.3) is 0 Å². The van der Waals surface area contributed by atoms with Gasteiger partial charge in [-0.2, -0.15) is 0 Å². The summed E-state index contributed by atoms with van der Waals surface area (Å²) < 4.78 is 27.4. The second-order valence-corrected chi connectivity index (χ2v) is 7.19. The third kappa shape index (κ3) is 3.55. The molecule has 0 saturated carbocycles. The highest BCUT2D eigenvalue weighted by Crippen LogP contribution is 2.17. The van der Waals surface area contributed by atoms with Crippen LogP contribution in [0.4, 0.5) is 0 Å². The van der Waals surface area contributed by atoms with Gasteiger partial charge in [-0.3, -0.25) is 0 Å². The van der Waals surface area contributed by atoms with Crippen LogP contribution in [0, 0.1) is 6.92 Å². The summed E-state index contributed by atoms with van der Waals surface area (Å²) in [7, 11) is -3.42. The summed E-state index contributed by atoms with van der Waals surface area (Å²) in [5.41, 5.74) is 1.06. The van der Waals surface area contributed by atoms with Crippen molar-refractivity contribution in [3.8, 4) is 0 Å². The van der Waals surface area contributed by atoms with Crippen LogP contribution in [-0.4, -0.2) is 26.5 Å². The number of hydrogen-bond acceptors (Lipinski definition) is 3. The van der Waals surface area contributed by atoms with Crippen molar-refractivity contribution in [1.29, 1.82) is 0 Å². The summed E-state index contributed by atoms with van der Waals surface area (Å²) >= 11 is 0. The zero-order valence-corrected chi connectivity index (χ0v) is 12.5. The number of nitrogens with one attached hydrogen (secondary N) is 2. The molecule has 1 fully saturated rings. The van der Waals surface area contributed by atoms with Crippen molar-refractivity contribution in [1.82, 2.24) is 10.0 Å². The maximum Gasteiger partial charge on any atom is 0.240 e. The Labute approximate surface area is 115 Å². The van der Waals surface area contributed by atoms with E-state index >= 15 is 0 Å². The van der Waals surface area contributed by atoms with E-state index in [0.29, 0.717) is 10.9 Å². The zero-order chi connectivity index (χ0) is 14.0. The van der Waals surface area contributed by atoms with Crippen molar-refractivity contribution in [3.63, 3.8) is 0 Å². The molecular weight excluding hydrogens is 260 g/mol. The minimum atomic E-state index is -3.42. The Bertz CT molecular complexity index is 525. The van der Waals surface area contributed by atoms with Gasteiger partial charge in [-0.15, -0.1) is 0 Å². The fourth-order valence-electron chi connectivity index (χ4n) is 2.47. The van der Waals surface area contributed by atoms with E-state index in [-0.39, 0.29) is 12.1 Å². The van der Waals surface area contributed by atoms with Gasteiger partial charge in [-0.25, -0.2) is 13.1 Å². The van der Waals surface area contributed by atoms with Gasteiger partial charge in [0, 0.05) is 18.1 Å². The lowest BCUT2D eigenvalue weighted by atomic mass is 9.96. The molecule has 0 radical (unpaired) electrons. The molecule has 4 nitrogen and oxygen atoms in total. The lowest BCUT2D eigenvalue weighted by molar-refractivity contribution is 0.297. The summed E-state index contributed by atoms with van der Waals surface area (Å²) in [6, 6.07) is 7.52. The quantitative estimate of drug-likeness (QED) is 0.889. The highest BCUT2D eigenvalue weighted by molar-refractivity contribution is 7.89. The molecule has 1 saturated heterocycles. The van der Waals surface area contributed by atoms with E-state index in [4.69, 9.17) is 0 Å². The molecule has 0 spiro atoms. The van der Waals surface area contributed by atoms with Gasteiger partial charge in [0.15, 0.2) is 0 Å². The van der Waals surface area contributed by atoms with E-state index in [1.807, 2.05) is 26.0 Å². The fraction of sp³-hybridized carbons (Fsp3) is 0.571. The fourth-order valence-corrected chi connectivity index (χ4v) is 3.82. The molecule has 2 N–H and O–H groups in total. The van der Waals surface area contributed by atoms with Crippen LogP contribution in [0.15, 0.2) is 29.2 Å². The van der Waals surface area contributed by atoms with Crippen LogP contribution in [0.5, 0.6) is 0 Å². The molecule has 106 valence electrons. The molecule has 1 heterocycles. The minimum absolute atomic E-state index is 0.0393. The van der Waals surface area contributed by atoms with Crippen molar-refractivity contribution in [2.75, 3.05) is 0 Å². The lowest BCUT2D eigenvalue weighted by Gasteiger charge is -2.34. The van der Waals surface area contributed by atoms with E-state index in [2.05, 4.69) is 17.0 Å². The first-order valence-electron chi connectivity index (χ1n) is 6.73. The second-order valence-electron chi connectivity index (χ2n) is 5.47. The number of rotatable bonds is 3.